The van der Waals surface area contributed by atoms with Crippen molar-refractivity contribution in [3.63, 3.8) is 0 Å². The van der Waals surface area contributed by atoms with Gasteiger partial charge in [0.1, 0.15) is 17.8 Å². The Morgan fingerprint density at radius 1 is 1.13 bits per heavy atom. The molecule has 1 heterocycles. The number of nitrogens with zero attached hydrogens (tertiary/aromatic N) is 2. The highest BCUT2D eigenvalue weighted by molar-refractivity contribution is 5.93. The first-order valence-electron chi connectivity index (χ1n) is 13.5. The van der Waals surface area contributed by atoms with Crippen molar-refractivity contribution in [2.45, 2.75) is 83.3 Å². The lowest BCUT2D eigenvalue weighted by Gasteiger charge is -2.30. The van der Waals surface area contributed by atoms with Crippen LogP contribution in [0, 0.1) is 5.92 Å². The van der Waals surface area contributed by atoms with Gasteiger partial charge in [-0.05, 0) is 49.3 Å². The molecule has 3 amide bonds. The molecule has 1 fully saturated rings. The van der Waals surface area contributed by atoms with E-state index in [1.165, 1.54) is 12.1 Å². The minimum Gasteiger partial charge on any atom is -0.508 e. The fourth-order valence-corrected chi connectivity index (χ4v) is 4.66. The Morgan fingerprint density at radius 2 is 1.84 bits per heavy atom. The molecule has 11 nitrogen and oxygen atoms in total. The quantitative estimate of drug-likeness (QED) is 0.109. The van der Waals surface area contributed by atoms with Crippen molar-refractivity contribution in [3.8, 4) is 5.75 Å². The molecule has 1 saturated heterocycles. The number of carbonyl (C=O) groups is 3. The number of nitrogens with one attached hydrogen (secondary N) is 2. The molecule has 0 aliphatic carbocycles. The molecule has 4 atom stereocenters. The molecule has 0 saturated carbocycles. The summed E-state index contributed by atoms with van der Waals surface area (Å²) in [7, 11) is 0. The molecular weight excluding hydrogens is 488 g/mol. The van der Waals surface area contributed by atoms with Crippen molar-refractivity contribution < 1.29 is 24.6 Å². The van der Waals surface area contributed by atoms with Gasteiger partial charge in [0.05, 0.1) is 12.6 Å². The highest BCUT2D eigenvalue weighted by atomic mass is 16.3. The zero-order valence-electron chi connectivity index (χ0n) is 22.6. The van der Waals surface area contributed by atoms with Gasteiger partial charge >= 0.3 is 0 Å². The Labute approximate surface area is 225 Å². The normalized spacial score (nSPS) is 18.4. The number of carbonyl (C=O) groups excluding carboxylic acids is 3. The lowest BCUT2D eigenvalue weighted by atomic mass is 10.0. The van der Waals surface area contributed by atoms with E-state index in [9.17, 15) is 24.6 Å². The molecular formula is C27H44N6O5. The first-order valence-corrected chi connectivity index (χ1v) is 13.5. The number of aromatic hydroxyl groups is 1. The van der Waals surface area contributed by atoms with Crippen molar-refractivity contribution >= 4 is 23.7 Å². The zero-order chi connectivity index (χ0) is 28.1. The smallest absolute Gasteiger partial charge is 0.246 e. The van der Waals surface area contributed by atoms with Crippen LogP contribution in [0.2, 0.25) is 0 Å². The minimum absolute atomic E-state index is 0.0111. The highest BCUT2D eigenvalue weighted by Gasteiger charge is 2.41. The van der Waals surface area contributed by atoms with E-state index in [2.05, 4.69) is 22.5 Å². The molecule has 212 valence electrons. The molecule has 4 unspecified atom stereocenters. The van der Waals surface area contributed by atoms with Crippen LogP contribution in [0.15, 0.2) is 29.3 Å². The second kappa shape index (κ2) is 15.8. The summed E-state index contributed by atoms with van der Waals surface area (Å²) < 4.78 is 0. The van der Waals surface area contributed by atoms with Gasteiger partial charge in [0.2, 0.25) is 17.7 Å². The van der Waals surface area contributed by atoms with Crippen LogP contribution in [0.25, 0.3) is 0 Å². The molecule has 1 aromatic carbocycles. The van der Waals surface area contributed by atoms with E-state index in [-0.39, 0.29) is 48.4 Å². The Bertz CT molecular complexity index is 934. The molecule has 0 radical (unpaired) electrons. The second-order valence-corrected chi connectivity index (χ2v) is 10.1. The number of unbranched alkanes of at least 4 members (excludes halogenated alkanes) is 2. The lowest BCUT2D eigenvalue weighted by Crippen LogP contribution is -2.55. The third-order valence-electron chi connectivity index (χ3n) is 6.68. The van der Waals surface area contributed by atoms with Crippen LogP contribution in [-0.2, 0) is 20.8 Å². The van der Waals surface area contributed by atoms with Gasteiger partial charge in [-0.15, -0.1) is 0 Å². The predicted molar refractivity (Wildman–Crippen MR) is 146 cm³/mol. The van der Waals surface area contributed by atoms with Crippen molar-refractivity contribution in [3.05, 3.63) is 29.8 Å². The molecule has 0 aromatic heterocycles. The Morgan fingerprint density at radius 3 is 2.47 bits per heavy atom. The van der Waals surface area contributed by atoms with Crippen LogP contribution in [-0.4, -0.2) is 76.6 Å². The number of rotatable bonds is 15. The van der Waals surface area contributed by atoms with Gasteiger partial charge in [0, 0.05) is 25.9 Å². The van der Waals surface area contributed by atoms with Crippen molar-refractivity contribution in [2.75, 3.05) is 19.7 Å². The van der Waals surface area contributed by atoms with Gasteiger partial charge in [0.25, 0.3) is 0 Å². The summed E-state index contributed by atoms with van der Waals surface area (Å²) in [6, 6.07) is 4.46. The monoisotopic (exact) mass is 532 g/mol. The third kappa shape index (κ3) is 10.2. The maximum absolute atomic E-state index is 13.8. The van der Waals surface area contributed by atoms with Gasteiger partial charge < -0.3 is 37.2 Å². The molecule has 1 aliphatic rings. The van der Waals surface area contributed by atoms with Gasteiger partial charge in [-0.25, -0.2) is 0 Å². The standard InChI is InChI=1S/C27H44N6O5/c1-3-4-5-8-24(36)32-22(15-19-9-11-21(35)12-10-19)26(38)33-16-18(2)14-23(33)25(37)31-20(17-34)7-6-13-30-27(28)29/h9-12,18,20,22-23,34-35H,3-8,13-17H2,1-2H3,(H,31,37)(H,32,36)(H4,28,29,30). The van der Waals surface area contributed by atoms with E-state index in [1.54, 1.807) is 17.0 Å². The van der Waals surface area contributed by atoms with Crippen LogP contribution >= 0.6 is 0 Å². The van der Waals surface area contributed by atoms with Crippen LogP contribution in [0.1, 0.15) is 64.4 Å². The van der Waals surface area contributed by atoms with E-state index >= 15 is 0 Å². The van der Waals surface area contributed by atoms with E-state index in [4.69, 9.17) is 11.5 Å². The van der Waals surface area contributed by atoms with E-state index in [0.29, 0.717) is 38.8 Å². The number of phenols is 1. The first kappa shape index (κ1) is 30.9. The zero-order valence-corrected chi connectivity index (χ0v) is 22.6. The number of amides is 3. The summed E-state index contributed by atoms with van der Waals surface area (Å²) in [6.07, 6.45) is 4.74. The number of phenolic OH excluding ortho intramolecular Hbond substituents is 1. The number of aliphatic hydroxyl groups is 1. The maximum atomic E-state index is 13.8. The van der Waals surface area contributed by atoms with E-state index < -0.39 is 18.1 Å². The average Bonchev–Trinajstić information content (AvgIpc) is 3.28. The Balaban J connectivity index is 2.13. The number of likely N-dealkylation sites (tertiary alicyclic amines) is 1. The van der Waals surface area contributed by atoms with Gasteiger partial charge in [-0.2, -0.15) is 0 Å². The van der Waals surface area contributed by atoms with Crippen LogP contribution in [0.3, 0.4) is 0 Å². The maximum Gasteiger partial charge on any atom is 0.246 e. The number of aliphatic hydroxyl groups excluding tert-OH is 1. The number of nitrogens with two attached hydrogens (primary N) is 2. The van der Waals surface area contributed by atoms with Gasteiger partial charge in [-0.3, -0.25) is 19.4 Å². The predicted octanol–water partition coefficient (Wildman–Crippen LogP) is 0.768. The molecule has 38 heavy (non-hydrogen) atoms. The SMILES string of the molecule is CCCCCC(=O)NC(Cc1ccc(O)cc1)C(=O)N1CC(C)CC1C(=O)NC(CO)CCCN=C(N)N. The number of aliphatic imine (C=N–C) groups is 1. The largest absolute Gasteiger partial charge is 0.508 e. The summed E-state index contributed by atoms with van der Waals surface area (Å²) in [4.78, 5) is 45.1. The average molecular weight is 533 g/mol. The number of hydrogen-bond acceptors (Lipinski definition) is 6. The summed E-state index contributed by atoms with van der Waals surface area (Å²) >= 11 is 0. The summed E-state index contributed by atoms with van der Waals surface area (Å²) in [6.45, 7) is 4.56. The molecule has 11 heteroatoms. The number of benzene rings is 1. The van der Waals surface area contributed by atoms with E-state index in [0.717, 1.165) is 24.8 Å². The molecule has 8 N–H and O–H groups in total. The third-order valence-corrected chi connectivity index (χ3v) is 6.68. The minimum atomic E-state index is -0.845. The van der Waals surface area contributed by atoms with Crippen LogP contribution in [0.4, 0.5) is 0 Å². The van der Waals surface area contributed by atoms with Gasteiger partial charge in [0.15, 0.2) is 5.96 Å². The van der Waals surface area contributed by atoms with Crippen molar-refractivity contribution in [1.29, 1.82) is 0 Å². The molecule has 0 spiro atoms. The second-order valence-electron chi connectivity index (χ2n) is 10.1. The summed E-state index contributed by atoms with van der Waals surface area (Å²) in [5, 5.41) is 25.1. The Hall–Kier alpha value is -3.34. The van der Waals surface area contributed by atoms with Crippen LogP contribution in [0.5, 0.6) is 5.75 Å². The topological polar surface area (TPSA) is 183 Å². The molecule has 2 rings (SSSR count). The van der Waals surface area contributed by atoms with Crippen LogP contribution < -0.4 is 22.1 Å². The summed E-state index contributed by atoms with van der Waals surface area (Å²) in [5.74, 6) is -0.658. The molecule has 1 aliphatic heterocycles. The Kier molecular flexibility index (Phi) is 12.8. The fraction of sp³-hybridized carbons (Fsp3) is 0.630. The fourth-order valence-electron chi connectivity index (χ4n) is 4.66. The van der Waals surface area contributed by atoms with Gasteiger partial charge in [-0.1, -0.05) is 38.8 Å². The highest BCUT2D eigenvalue weighted by Crippen LogP contribution is 2.25. The van der Waals surface area contributed by atoms with Crippen molar-refractivity contribution in [1.82, 2.24) is 15.5 Å². The number of guanidine groups is 1. The van der Waals surface area contributed by atoms with Crippen molar-refractivity contribution in [2.24, 2.45) is 22.4 Å². The number of hydrogen-bond donors (Lipinski definition) is 6. The summed E-state index contributed by atoms with van der Waals surface area (Å²) in [5.41, 5.74) is 11.5. The first-order chi connectivity index (χ1) is 18.1. The molecule has 1 aromatic rings. The lowest BCUT2D eigenvalue weighted by molar-refractivity contribution is -0.141. The molecule has 0 bridgehead atoms. The van der Waals surface area contributed by atoms with E-state index in [1.807, 2.05) is 6.92 Å².